The van der Waals surface area contributed by atoms with Crippen molar-refractivity contribution in [3.8, 4) is 11.3 Å². The molecule has 0 atom stereocenters. The quantitative estimate of drug-likeness (QED) is 0.663. The summed E-state index contributed by atoms with van der Waals surface area (Å²) < 4.78 is 2.06. The first-order valence-corrected chi connectivity index (χ1v) is 8.15. The first-order valence-electron chi connectivity index (χ1n) is 7.77. The zero-order valence-corrected chi connectivity index (χ0v) is 14.9. The standard InChI is InChI=1S/C18H21ClN4/c1-11(2)23-10-22-16-15(20-9-21-17(16)23)12-6-7-14(19)13(8-12)18(3,4)5/h6-11H,1-5H3. The molecule has 0 saturated carbocycles. The Morgan fingerprint density at radius 2 is 1.83 bits per heavy atom. The molecular weight excluding hydrogens is 308 g/mol. The van der Waals surface area contributed by atoms with Gasteiger partial charge in [-0.05, 0) is 37.0 Å². The van der Waals surface area contributed by atoms with Crippen molar-refractivity contribution in [3.63, 3.8) is 0 Å². The highest BCUT2D eigenvalue weighted by molar-refractivity contribution is 6.31. The van der Waals surface area contributed by atoms with E-state index < -0.39 is 0 Å². The molecule has 3 rings (SSSR count). The van der Waals surface area contributed by atoms with E-state index in [0.29, 0.717) is 6.04 Å². The smallest absolute Gasteiger partial charge is 0.164 e. The van der Waals surface area contributed by atoms with Gasteiger partial charge in [0.25, 0.3) is 0 Å². The summed E-state index contributed by atoms with van der Waals surface area (Å²) in [5.74, 6) is 0. The van der Waals surface area contributed by atoms with Crippen LogP contribution in [0, 0.1) is 0 Å². The zero-order chi connectivity index (χ0) is 16.8. The second-order valence-corrected chi connectivity index (χ2v) is 7.49. The summed E-state index contributed by atoms with van der Waals surface area (Å²) in [5.41, 5.74) is 4.61. The predicted molar refractivity (Wildman–Crippen MR) is 94.9 cm³/mol. The fourth-order valence-electron chi connectivity index (χ4n) is 2.69. The van der Waals surface area contributed by atoms with Crippen LogP contribution in [0.15, 0.2) is 30.9 Å². The maximum atomic E-state index is 6.38. The number of fused-ring (bicyclic) bond motifs is 1. The van der Waals surface area contributed by atoms with Gasteiger partial charge in [-0.25, -0.2) is 15.0 Å². The van der Waals surface area contributed by atoms with E-state index in [1.165, 1.54) is 0 Å². The summed E-state index contributed by atoms with van der Waals surface area (Å²) in [5, 5.41) is 0.777. The molecule has 0 saturated heterocycles. The van der Waals surface area contributed by atoms with E-state index in [1.807, 2.05) is 18.5 Å². The third kappa shape index (κ3) is 2.83. The molecule has 0 N–H and O–H groups in total. The lowest BCUT2D eigenvalue weighted by molar-refractivity contribution is 0.591. The molecule has 23 heavy (non-hydrogen) atoms. The molecule has 0 unspecified atom stereocenters. The molecule has 1 aromatic carbocycles. The third-order valence-electron chi connectivity index (χ3n) is 3.96. The molecule has 0 aliphatic rings. The Bertz CT molecular complexity index is 859. The van der Waals surface area contributed by atoms with Crippen LogP contribution in [0.25, 0.3) is 22.4 Å². The number of benzene rings is 1. The molecule has 0 fully saturated rings. The zero-order valence-electron chi connectivity index (χ0n) is 14.1. The van der Waals surface area contributed by atoms with Crippen molar-refractivity contribution >= 4 is 22.8 Å². The summed E-state index contributed by atoms with van der Waals surface area (Å²) in [6.07, 6.45) is 3.43. The highest BCUT2D eigenvalue weighted by Crippen LogP contribution is 2.34. The molecule has 0 aliphatic heterocycles. The number of aromatic nitrogens is 4. The molecule has 120 valence electrons. The maximum absolute atomic E-state index is 6.38. The first-order chi connectivity index (χ1) is 10.8. The van der Waals surface area contributed by atoms with Gasteiger partial charge >= 0.3 is 0 Å². The van der Waals surface area contributed by atoms with E-state index in [4.69, 9.17) is 11.6 Å². The third-order valence-corrected chi connectivity index (χ3v) is 4.29. The molecule has 0 bridgehead atoms. The van der Waals surface area contributed by atoms with E-state index in [9.17, 15) is 0 Å². The molecule has 5 heteroatoms. The SMILES string of the molecule is CC(C)n1cnc2c(-c3ccc(Cl)c(C(C)(C)C)c3)ncnc21. The molecule has 0 radical (unpaired) electrons. The first kappa shape index (κ1) is 15.9. The van der Waals surface area contributed by atoms with Gasteiger partial charge in [0.05, 0.1) is 6.33 Å². The minimum absolute atomic E-state index is 0.0312. The highest BCUT2D eigenvalue weighted by Gasteiger charge is 2.20. The second kappa shape index (κ2) is 5.60. The van der Waals surface area contributed by atoms with Gasteiger partial charge in [-0.2, -0.15) is 0 Å². The van der Waals surface area contributed by atoms with Gasteiger partial charge in [0.2, 0.25) is 0 Å². The molecular formula is C18H21ClN4. The minimum Gasteiger partial charge on any atom is -0.313 e. The average molecular weight is 329 g/mol. The normalized spacial score (nSPS) is 12.3. The Labute approximate surface area is 141 Å². The van der Waals surface area contributed by atoms with Crippen LogP contribution < -0.4 is 0 Å². The van der Waals surface area contributed by atoms with Crippen molar-refractivity contribution in [1.29, 1.82) is 0 Å². The lowest BCUT2D eigenvalue weighted by Gasteiger charge is -2.21. The van der Waals surface area contributed by atoms with Crippen molar-refractivity contribution < 1.29 is 0 Å². The van der Waals surface area contributed by atoms with Crippen molar-refractivity contribution in [1.82, 2.24) is 19.5 Å². The van der Waals surface area contributed by atoms with Crippen LogP contribution in [0.2, 0.25) is 5.02 Å². The van der Waals surface area contributed by atoms with E-state index in [2.05, 4.69) is 60.2 Å². The largest absolute Gasteiger partial charge is 0.313 e. The summed E-state index contributed by atoms with van der Waals surface area (Å²) in [4.78, 5) is 13.4. The van der Waals surface area contributed by atoms with Crippen LogP contribution in [0.4, 0.5) is 0 Å². The van der Waals surface area contributed by atoms with Gasteiger partial charge in [-0.3, -0.25) is 0 Å². The van der Waals surface area contributed by atoms with Gasteiger partial charge in [0.1, 0.15) is 17.5 Å². The number of nitrogens with zero attached hydrogens (tertiary/aromatic N) is 4. The molecule has 2 aromatic heterocycles. The fourth-order valence-corrected chi connectivity index (χ4v) is 3.09. The van der Waals surface area contributed by atoms with Gasteiger partial charge < -0.3 is 4.57 Å². The van der Waals surface area contributed by atoms with Crippen molar-refractivity contribution in [2.24, 2.45) is 0 Å². The number of hydrogen-bond acceptors (Lipinski definition) is 3. The molecule has 0 amide bonds. The maximum Gasteiger partial charge on any atom is 0.164 e. The number of imidazole rings is 1. The molecule has 3 aromatic rings. The molecule has 2 heterocycles. The van der Waals surface area contributed by atoms with Gasteiger partial charge in [0, 0.05) is 16.6 Å². The average Bonchev–Trinajstić information content (AvgIpc) is 2.90. The van der Waals surface area contributed by atoms with E-state index >= 15 is 0 Å². The number of hydrogen-bond donors (Lipinski definition) is 0. The van der Waals surface area contributed by atoms with Crippen LogP contribution in [0.1, 0.15) is 46.2 Å². The Balaban J connectivity index is 2.22. The van der Waals surface area contributed by atoms with Crippen molar-refractivity contribution in [2.45, 2.75) is 46.1 Å². The van der Waals surface area contributed by atoms with Crippen molar-refractivity contribution in [2.75, 3.05) is 0 Å². The van der Waals surface area contributed by atoms with Crippen LogP contribution >= 0.6 is 11.6 Å². The monoisotopic (exact) mass is 328 g/mol. The lowest BCUT2D eigenvalue weighted by Crippen LogP contribution is -2.12. The van der Waals surface area contributed by atoms with Gasteiger partial charge in [-0.1, -0.05) is 38.4 Å². The van der Waals surface area contributed by atoms with Gasteiger partial charge in [-0.15, -0.1) is 0 Å². The lowest BCUT2D eigenvalue weighted by atomic mass is 9.85. The van der Waals surface area contributed by atoms with Gasteiger partial charge in [0.15, 0.2) is 5.65 Å². The summed E-state index contributed by atoms with van der Waals surface area (Å²) >= 11 is 6.38. The van der Waals surface area contributed by atoms with E-state index in [0.717, 1.165) is 33.0 Å². The number of rotatable bonds is 2. The van der Waals surface area contributed by atoms with E-state index in [-0.39, 0.29) is 5.41 Å². The fraction of sp³-hybridized carbons (Fsp3) is 0.389. The highest BCUT2D eigenvalue weighted by atomic mass is 35.5. The van der Waals surface area contributed by atoms with Crippen molar-refractivity contribution in [3.05, 3.63) is 41.4 Å². The topological polar surface area (TPSA) is 43.6 Å². The summed E-state index contributed by atoms with van der Waals surface area (Å²) in [6, 6.07) is 6.34. The summed E-state index contributed by atoms with van der Waals surface area (Å²) in [6.45, 7) is 10.7. The number of halogens is 1. The van der Waals surface area contributed by atoms with Crippen LogP contribution in [-0.2, 0) is 5.41 Å². The molecule has 4 nitrogen and oxygen atoms in total. The Morgan fingerprint density at radius 1 is 1.09 bits per heavy atom. The van der Waals surface area contributed by atoms with Crippen LogP contribution in [-0.4, -0.2) is 19.5 Å². The second-order valence-electron chi connectivity index (χ2n) is 7.08. The molecule has 0 aliphatic carbocycles. The Kier molecular flexibility index (Phi) is 3.88. The van der Waals surface area contributed by atoms with Crippen LogP contribution in [0.3, 0.4) is 0 Å². The minimum atomic E-state index is -0.0312. The van der Waals surface area contributed by atoms with E-state index in [1.54, 1.807) is 6.33 Å². The van der Waals surface area contributed by atoms with Crippen LogP contribution in [0.5, 0.6) is 0 Å². The summed E-state index contributed by atoms with van der Waals surface area (Å²) in [7, 11) is 0. The Hall–Kier alpha value is -1.94. The predicted octanol–water partition coefficient (Wildman–Crippen LogP) is 5.03. The Morgan fingerprint density at radius 3 is 2.48 bits per heavy atom. The molecule has 0 spiro atoms.